The van der Waals surface area contributed by atoms with Crippen LogP contribution >= 0.6 is 0 Å². The Morgan fingerprint density at radius 3 is 2.17 bits per heavy atom. The molecule has 0 unspecified atom stereocenters. The monoisotopic (exact) mass is 274 g/mol. The highest BCUT2D eigenvalue weighted by Gasteiger charge is 2.61. The lowest BCUT2D eigenvalue weighted by Crippen LogP contribution is -2.43. The average molecular weight is 274 g/mol. The first-order chi connectivity index (χ1) is 8.09. The molecule has 102 valence electrons. The largest absolute Gasteiger partial charge is 0.407 e. The molecule has 0 fully saturated rings. The smallest absolute Gasteiger partial charge is 0.329 e. The van der Waals surface area contributed by atoms with Crippen molar-refractivity contribution in [3.05, 3.63) is 18.2 Å². The zero-order valence-corrected chi connectivity index (χ0v) is 9.01. The number of carbonyl (C=O) groups is 1. The van der Waals surface area contributed by atoms with Crippen LogP contribution in [0.2, 0.25) is 0 Å². The predicted molar refractivity (Wildman–Crippen MR) is 47.8 cm³/mol. The Hall–Kier alpha value is -1.54. The standard InChI is InChI=1S/C9H8F6N2O/c1-2-17-4-3-16-7(17)5(18)6(8(10,11)12)9(13,14)15/h3-4,6H,2H2,1H3. The number of alkyl halides is 6. The van der Waals surface area contributed by atoms with Crippen LogP contribution in [0.3, 0.4) is 0 Å². The Balaban J connectivity index is 3.20. The van der Waals surface area contributed by atoms with Crippen molar-refractivity contribution in [2.75, 3.05) is 0 Å². The zero-order valence-electron chi connectivity index (χ0n) is 9.01. The molecule has 1 heterocycles. The van der Waals surface area contributed by atoms with Gasteiger partial charge in [-0.05, 0) is 6.92 Å². The molecule has 18 heavy (non-hydrogen) atoms. The second-order valence-electron chi connectivity index (χ2n) is 3.42. The van der Waals surface area contributed by atoms with E-state index in [1.165, 1.54) is 6.92 Å². The maximum absolute atomic E-state index is 12.3. The normalized spacial score (nSPS) is 13.1. The number of hydrogen-bond acceptors (Lipinski definition) is 2. The third-order valence-corrected chi connectivity index (χ3v) is 2.19. The van der Waals surface area contributed by atoms with Gasteiger partial charge in [-0.3, -0.25) is 4.79 Å². The van der Waals surface area contributed by atoms with Gasteiger partial charge < -0.3 is 4.57 Å². The van der Waals surface area contributed by atoms with E-state index in [0.717, 1.165) is 17.0 Å². The lowest BCUT2D eigenvalue weighted by molar-refractivity contribution is -0.265. The number of hydrogen-bond donors (Lipinski definition) is 0. The van der Waals surface area contributed by atoms with Crippen LogP contribution in [0.5, 0.6) is 0 Å². The number of aromatic nitrogens is 2. The van der Waals surface area contributed by atoms with E-state index in [2.05, 4.69) is 4.98 Å². The Labute approximate surface area is 97.4 Å². The minimum absolute atomic E-state index is 0.0451. The van der Waals surface area contributed by atoms with E-state index >= 15 is 0 Å². The Bertz CT molecular complexity index is 419. The van der Waals surface area contributed by atoms with Crippen LogP contribution in [0, 0.1) is 5.92 Å². The number of nitrogens with zero attached hydrogens (tertiary/aromatic N) is 2. The van der Waals surface area contributed by atoms with Gasteiger partial charge in [0.15, 0.2) is 5.82 Å². The number of carbonyl (C=O) groups excluding carboxylic acids is 1. The topological polar surface area (TPSA) is 34.9 Å². The second-order valence-corrected chi connectivity index (χ2v) is 3.42. The summed E-state index contributed by atoms with van der Waals surface area (Å²) in [5, 5.41) is 0. The Morgan fingerprint density at radius 1 is 1.28 bits per heavy atom. The van der Waals surface area contributed by atoms with Crippen molar-refractivity contribution in [2.45, 2.75) is 25.8 Å². The molecule has 1 rings (SSSR count). The van der Waals surface area contributed by atoms with Gasteiger partial charge in [0.1, 0.15) is 0 Å². The summed E-state index contributed by atoms with van der Waals surface area (Å²) in [6.07, 6.45) is -9.28. The van der Waals surface area contributed by atoms with Crippen LogP contribution in [-0.2, 0) is 6.54 Å². The second kappa shape index (κ2) is 4.62. The third kappa shape index (κ3) is 2.82. The van der Waals surface area contributed by atoms with E-state index in [1.54, 1.807) is 0 Å². The fraction of sp³-hybridized carbons (Fsp3) is 0.556. The van der Waals surface area contributed by atoms with Crippen LogP contribution in [0.4, 0.5) is 26.3 Å². The molecular weight excluding hydrogens is 266 g/mol. The first-order valence-corrected chi connectivity index (χ1v) is 4.77. The van der Waals surface area contributed by atoms with Crippen LogP contribution in [0.25, 0.3) is 0 Å². The van der Waals surface area contributed by atoms with Gasteiger partial charge >= 0.3 is 12.4 Å². The minimum Gasteiger partial charge on any atom is -0.329 e. The number of Topliss-reactive ketones (excluding diaryl/α,β-unsaturated/α-hetero) is 1. The molecule has 9 heteroatoms. The molecule has 0 N–H and O–H groups in total. The van der Waals surface area contributed by atoms with E-state index in [1.807, 2.05) is 0 Å². The summed E-state index contributed by atoms with van der Waals surface area (Å²) in [5.41, 5.74) is 0. The van der Waals surface area contributed by atoms with Crippen molar-refractivity contribution in [3.8, 4) is 0 Å². The number of imidazole rings is 1. The molecular formula is C9H8F6N2O. The van der Waals surface area contributed by atoms with Gasteiger partial charge in [0, 0.05) is 18.9 Å². The predicted octanol–water partition coefficient (Wildman–Crippen LogP) is 2.83. The lowest BCUT2D eigenvalue weighted by Gasteiger charge is -2.21. The highest BCUT2D eigenvalue weighted by molar-refractivity contribution is 5.95. The summed E-state index contributed by atoms with van der Waals surface area (Å²) in [7, 11) is 0. The first kappa shape index (κ1) is 14.5. The fourth-order valence-electron chi connectivity index (χ4n) is 1.40. The van der Waals surface area contributed by atoms with Crippen molar-refractivity contribution >= 4 is 5.78 Å². The summed E-state index contributed by atoms with van der Waals surface area (Å²) >= 11 is 0. The fourth-order valence-corrected chi connectivity index (χ4v) is 1.40. The van der Waals surface area contributed by atoms with Gasteiger partial charge in [-0.2, -0.15) is 26.3 Å². The molecule has 0 amide bonds. The molecule has 0 spiro atoms. The van der Waals surface area contributed by atoms with Crippen LogP contribution < -0.4 is 0 Å². The van der Waals surface area contributed by atoms with Crippen molar-refractivity contribution in [2.24, 2.45) is 5.92 Å². The molecule has 1 aromatic rings. The molecule has 0 saturated heterocycles. The van der Waals surface area contributed by atoms with Crippen LogP contribution in [0.1, 0.15) is 17.5 Å². The van der Waals surface area contributed by atoms with E-state index in [-0.39, 0.29) is 6.54 Å². The summed E-state index contributed by atoms with van der Waals surface area (Å²) in [5.74, 6) is -6.99. The molecule has 0 radical (unpaired) electrons. The van der Waals surface area contributed by atoms with E-state index < -0.39 is 29.9 Å². The van der Waals surface area contributed by atoms with E-state index in [4.69, 9.17) is 0 Å². The maximum atomic E-state index is 12.3. The van der Waals surface area contributed by atoms with Crippen LogP contribution in [-0.4, -0.2) is 27.7 Å². The van der Waals surface area contributed by atoms with Gasteiger partial charge in [-0.1, -0.05) is 0 Å². The quantitative estimate of drug-likeness (QED) is 0.627. The van der Waals surface area contributed by atoms with Gasteiger partial charge in [-0.25, -0.2) is 4.98 Å². The number of ketones is 1. The molecule has 1 aromatic heterocycles. The Kier molecular flexibility index (Phi) is 3.72. The van der Waals surface area contributed by atoms with E-state index in [0.29, 0.717) is 0 Å². The van der Waals surface area contributed by atoms with Gasteiger partial charge in [0.25, 0.3) is 0 Å². The van der Waals surface area contributed by atoms with Gasteiger partial charge in [0.05, 0.1) is 0 Å². The molecule has 0 aliphatic heterocycles. The molecule has 0 aliphatic carbocycles. The highest BCUT2D eigenvalue weighted by atomic mass is 19.4. The summed E-state index contributed by atoms with van der Waals surface area (Å²) in [4.78, 5) is 14.6. The van der Waals surface area contributed by atoms with Crippen molar-refractivity contribution in [3.63, 3.8) is 0 Å². The summed E-state index contributed by atoms with van der Waals surface area (Å²) in [6.45, 7) is 1.51. The molecule has 0 bridgehead atoms. The highest BCUT2D eigenvalue weighted by Crippen LogP contribution is 2.40. The van der Waals surface area contributed by atoms with Crippen molar-refractivity contribution in [1.82, 2.24) is 9.55 Å². The number of rotatable bonds is 3. The summed E-state index contributed by atoms with van der Waals surface area (Å²) in [6, 6.07) is 0. The number of halogens is 6. The minimum atomic E-state index is -5.69. The molecule has 0 aliphatic rings. The molecule has 0 atom stereocenters. The summed E-state index contributed by atoms with van der Waals surface area (Å²) < 4.78 is 74.8. The number of aryl methyl sites for hydroxylation is 1. The lowest BCUT2D eigenvalue weighted by atomic mass is 10.0. The Morgan fingerprint density at radius 2 is 1.78 bits per heavy atom. The first-order valence-electron chi connectivity index (χ1n) is 4.77. The maximum Gasteiger partial charge on any atom is 0.407 e. The van der Waals surface area contributed by atoms with Gasteiger partial charge in [0.2, 0.25) is 11.7 Å². The molecule has 0 saturated carbocycles. The van der Waals surface area contributed by atoms with Crippen molar-refractivity contribution in [1.29, 1.82) is 0 Å². The molecule has 0 aromatic carbocycles. The average Bonchev–Trinajstić information content (AvgIpc) is 2.59. The van der Waals surface area contributed by atoms with Gasteiger partial charge in [-0.15, -0.1) is 0 Å². The molecule has 3 nitrogen and oxygen atoms in total. The van der Waals surface area contributed by atoms with Crippen molar-refractivity contribution < 1.29 is 31.1 Å². The zero-order chi connectivity index (χ0) is 14.1. The van der Waals surface area contributed by atoms with E-state index in [9.17, 15) is 31.1 Å². The van der Waals surface area contributed by atoms with Crippen LogP contribution in [0.15, 0.2) is 12.4 Å². The SMILES string of the molecule is CCn1ccnc1C(=O)C(C(F)(F)F)C(F)(F)F. The third-order valence-electron chi connectivity index (χ3n) is 2.19.